The molecule has 34 heavy (non-hydrogen) atoms. The number of anilines is 1. The number of pyridine rings is 1. The summed E-state index contributed by atoms with van der Waals surface area (Å²) in [5.41, 5.74) is 9.54. The van der Waals surface area contributed by atoms with E-state index < -0.39 is 6.10 Å². The van der Waals surface area contributed by atoms with Gasteiger partial charge in [-0.1, -0.05) is 12.1 Å². The summed E-state index contributed by atoms with van der Waals surface area (Å²) in [4.78, 5) is 35.8. The second-order valence-corrected chi connectivity index (χ2v) is 8.11. The molecule has 3 N–H and O–H groups in total. The zero-order valence-corrected chi connectivity index (χ0v) is 18.3. The molecule has 1 aliphatic rings. The highest BCUT2D eigenvalue weighted by Crippen LogP contribution is 2.35. The largest absolute Gasteiger partial charge is 0.389 e. The molecule has 1 aliphatic heterocycles. The lowest BCUT2D eigenvalue weighted by Crippen LogP contribution is -2.53. The Balaban J connectivity index is 1.78. The van der Waals surface area contributed by atoms with E-state index in [-0.39, 0.29) is 36.2 Å². The van der Waals surface area contributed by atoms with Crippen molar-refractivity contribution >= 4 is 17.5 Å². The lowest BCUT2D eigenvalue weighted by Gasteiger charge is -2.35. The maximum absolute atomic E-state index is 12.9. The number of β-amino-alcohol motifs (C(OH)–C–C–N with tert-alkyl or cyclic N) is 1. The van der Waals surface area contributed by atoms with Crippen molar-refractivity contribution in [3.05, 3.63) is 70.4 Å². The Morgan fingerprint density at radius 3 is 2.71 bits per heavy atom. The van der Waals surface area contributed by atoms with Crippen LogP contribution in [0.4, 0.5) is 5.95 Å². The summed E-state index contributed by atoms with van der Waals surface area (Å²) < 4.78 is 3.10. The van der Waals surface area contributed by atoms with Crippen molar-refractivity contribution < 1.29 is 9.90 Å². The Morgan fingerprint density at radius 2 is 2.00 bits per heavy atom. The van der Waals surface area contributed by atoms with Crippen LogP contribution in [0.25, 0.3) is 28.0 Å². The first-order valence-corrected chi connectivity index (χ1v) is 10.8. The van der Waals surface area contributed by atoms with Crippen molar-refractivity contribution in [1.82, 2.24) is 23.8 Å². The number of aliphatic hydroxyl groups is 1. The number of hydrogen-bond acceptors (Lipinski definition) is 7. The molecule has 5 rings (SSSR count). The molecule has 1 aromatic carbocycles. The number of aryl methyl sites for hydroxylation is 1. The Labute approximate surface area is 194 Å². The summed E-state index contributed by atoms with van der Waals surface area (Å²) in [7, 11) is 0. The number of nitrogen functional groups attached to an aromatic ring is 1. The number of rotatable bonds is 4. The number of nitrogens with zero attached hydrogens (tertiary/aromatic N) is 6. The van der Waals surface area contributed by atoms with Gasteiger partial charge in [-0.15, -0.1) is 0 Å². The van der Waals surface area contributed by atoms with Gasteiger partial charge in [-0.3, -0.25) is 14.0 Å². The Hall–Kier alpha value is -4.49. The van der Waals surface area contributed by atoms with Gasteiger partial charge in [0.05, 0.1) is 29.0 Å². The molecule has 0 aliphatic carbocycles. The van der Waals surface area contributed by atoms with Gasteiger partial charge in [0, 0.05) is 49.2 Å². The summed E-state index contributed by atoms with van der Waals surface area (Å²) in [6, 6.07) is 12.2. The number of aromatic nitrogens is 4. The van der Waals surface area contributed by atoms with E-state index in [9.17, 15) is 20.0 Å². The first kappa shape index (κ1) is 21.4. The number of nitrogens with two attached hydrogens (primary N) is 1. The van der Waals surface area contributed by atoms with E-state index in [1.54, 1.807) is 35.0 Å². The molecule has 10 heteroatoms. The first-order valence-electron chi connectivity index (χ1n) is 10.8. The maximum atomic E-state index is 12.9. The fourth-order valence-electron chi connectivity index (χ4n) is 4.08. The quantitative estimate of drug-likeness (QED) is 0.475. The highest BCUT2D eigenvalue weighted by Gasteiger charge is 2.31. The molecule has 4 heterocycles. The summed E-state index contributed by atoms with van der Waals surface area (Å²) in [6.45, 7) is 2.84. The molecule has 0 radical (unpaired) electrons. The van der Waals surface area contributed by atoms with Gasteiger partial charge in [-0.05, 0) is 25.1 Å². The molecule has 1 amide bonds. The van der Waals surface area contributed by atoms with Crippen LogP contribution in [0.1, 0.15) is 23.0 Å². The second-order valence-electron chi connectivity index (χ2n) is 8.11. The number of hydrogen-bond donors (Lipinski definition) is 2. The van der Waals surface area contributed by atoms with E-state index in [0.29, 0.717) is 40.1 Å². The zero-order chi connectivity index (χ0) is 24.0. The predicted octanol–water partition coefficient (Wildman–Crippen LogP) is 1.52. The van der Waals surface area contributed by atoms with Crippen molar-refractivity contribution in [2.24, 2.45) is 0 Å². The lowest BCUT2D eigenvalue weighted by molar-refractivity contribution is 0.00555. The fourth-order valence-corrected chi connectivity index (χ4v) is 4.08. The van der Waals surface area contributed by atoms with Gasteiger partial charge in [0.1, 0.15) is 5.69 Å². The SMILES string of the molecule is CCn1cc(-c2c(-c3cccc(C#N)c3)nc(N)n3cc(C(=O)N4CC(O)C4)nc23)ccc1=O. The molecular weight excluding hydrogens is 434 g/mol. The average Bonchev–Trinajstić information content (AvgIpc) is 3.28. The molecule has 170 valence electrons. The third-order valence-electron chi connectivity index (χ3n) is 5.89. The van der Waals surface area contributed by atoms with Crippen molar-refractivity contribution in [3.8, 4) is 28.5 Å². The number of likely N-dealkylation sites (tertiary alicyclic amines) is 1. The van der Waals surface area contributed by atoms with Crippen LogP contribution in [0.15, 0.2) is 53.6 Å². The van der Waals surface area contributed by atoms with Crippen LogP contribution in [-0.2, 0) is 6.54 Å². The van der Waals surface area contributed by atoms with Crippen LogP contribution in [-0.4, -0.2) is 54.0 Å². The zero-order valence-electron chi connectivity index (χ0n) is 18.3. The van der Waals surface area contributed by atoms with Gasteiger partial charge in [0.15, 0.2) is 5.65 Å². The number of benzene rings is 1. The van der Waals surface area contributed by atoms with E-state index >= 15 is 0 Å². The van der Waals surface area contributed by atoms with E-state index in [1.165, 1.54) is 21.6 Å². The minimum Gasteiger partial charge on any atom is -0.389 e. The average molecular weight is 455 g/mol. The van der Waals surface area contributed by atoms with Gasteiger partial charge in [-0.25, -0.2) is 9.97 Å². The molecule has 3 aromatic heterocycles. The van der Waals surface area contributed by atoms with Crippen LogP contribution < -0.4 is 11.3 Å². The number of carbonyl (C=O) groups is 1. The summed E-state index contributed by atoms with van der Waals surface area (Å²) in [5.74, 6) is -0.193. The maximum Gasteiger partial charge on any atom is 0.274 e. The second kappa shape index (κ2) is 8.13. The van der Waals surface area contributed by atoms with Crippen molar-refractivity contribution in [2.75, 3.05) is 18.8 Å². The Bertz CT molecular complexity index is 1540. The van der Waals surface area contributed by atoms with Crippen molar-refractivity contribution in [1.29, 1.82) is 5.26 Å². The van der Waals surface area contributed by atoms with Gasteiger partial charge >= 0.3 is 0 Å². The van der Waals surface area contributed by atoms with Gasteiger partial charge < -0.3 is 20.3 Å². The summed E-state index contributed by atoms with van der Waals surface area (Å²) in [6.07, 6.45) is 2.71. The molecule has 1 saturated heterocycles. The molecule has 1 fully saturated rings. The molecule has 10 nitrogen and oxygen atoms in total. The highest BCUT2D eigenvalue weighted by molar-refractivity contribution is 5.96. The minimum atomic E-state index is -0.530. The van der Waals surface area contributed by atoms with Crippen molar-refractivity contribution in [2.45, 2.75) is 19.6 Å². The molecule has 0 bridgehead atoms. The smallest absolute Gasteiger partial charge is 0.274 e. The molecule has 0 atom stereocenters. The third kappa shape index (κ3) is 3.48. The number of amides is 1. The molecular formula is C24H21N7O3. The summed E-state index contributed by atoms with van der Waals surface area (Å²) >= 11 is 0. The van der Waals surface area contributed by atoms with Crippen LogP contribution in [0.5, 0.6) is 0 Å². The minimum absolute atomic E-state index is 0.120. The van der Waals surface area contributed by atoms with Crippen LogP contribution >= 0.6 is 0 Å². The van der Waals surface area contributed by atoms with E-state index in [4.69, 9.17) is 5.73 Å². The summed E-state index contributed by atoms with van der Waals surface area (Å²) in [5, 5.41) is 18.9. The molecule has 0 spiro atoms. The topological polar surface area (TPSA) is 143 Å². The normalized spacial score (nSPS) is 13.6. The lowest BCUT2D eigenvalue weighted by atomic mass is 10.00. The number of imidazole rings is 1. The van der Waals surface area contributed by atoms with Crippen LogP contribution in [0.3, 0.4) is 0 Å². The number of nitriles is 1. The van der Waals surface area contributed by atoms with Gasteiger partial charge in [-0.2, -0.15) is 5.26 Å². The standard InChI is InChI=1S/C24H21N7O3/c1-2-29-10-16(6-7-19(29)33)20-21(15-5-3-4-14(8-15)9-25)28-24(26)31-13-18(27-22(20)31)23(34)30-11-17(32)12-30/h3-8,10,13,17,32H,2,11-12H2,1H3,(H2,26,28). The van der Waals surface area contributed by atoms with E-state index in [2.05, 4.69) is 16.0 Å². The van der Waals surface area contributed by atoms with Crippen LogP contribution in [0.2, 0.25) is 0 Å². The number of fused-ring (bicyclic) bond motifs is 1. The Kier molecular flexibility index (Phi) is 5.11. The van der Waals surface area contributed by atoms with E-state index in [1.807, 2.05) is 13.0 Å². The first-order chi connectivity index (χ1) is 16.4. The van der Waals surface area contributed by atoms with Gasteiger partial charge in [0.2, 0.25) is 5.95 Å². The molecule has 4 aromatic rings. The third-order valence-corrected chi connectivity index (χ3v) is 5.89. The number of aliphatic hydroxyl groups excluding tert-OH is 1. The monoisotopic (exact) mass is 455 g/mol. The predicted molar refractivity (Wildman–Crippen MR) is 125 cm³/mol. The molecule has 0 saturated carbocycles. The number of carbonyl (C=O) groups excluding carboxylic acids is 1. The highest BCUT2D eigenvalue weighted by atomic mass is 16.3. The molecule has 0 unspecified atom stereocenters. The van der Waals surface area contributed by atoms with Gasteiger partial charge in [0.25, 0.3) is 11.5 Å². The van der Waals surface area contributed by atoms with Crippen LogP contribution in [0, 0.1) is 11.3 Å². The van der Waals surface area contributed by atoms with E-state index in [0.717, 1.165) is 0 Å². The fraction of sp³-hybridized carbons (Fsp3) is 0.208. The Morgan fingerprint density at radius 1 is 1.21 bits per heavy atom. The van der Waals surface area contributed by atoms with Crippen molar-refractivity contribution in [3.63, 3.8) is 0 Å².